The Labute approximate surface area is 156 Å². The van der Waals surface area contributed by atoms with Gasteiger partial charge in [0, 0.05) is 44.9 Å². The molecule has 1 fully saturated rings. The number of pyridine rings is 1. The molecular formula is C18H23N5O4. The van der Waals surface area contributed by atoms with Crippen molar-refractivity contribution < 1.29 is 14.7 Å². The molecule has 9 nitrogen and oxygen atoms in total. The molecule has 0 aliphatic carbocycles. The van der Waals surface area contributed by atoms with Gasteiger partial charge in [-0.3, -0.25) is 23.7 Å². The number of fused-ring (bicyclic) bond motifs is 1. The van der Waals surface area contributed by atoms with Gasteiger partial charge in [0.25, 0.3) is 5.56 Å². The number of rotatable bonds is 5. The predicted octanol–water partition coefficient (Wildman–Crippen LogP) is -0.385. The first kappa shape index (κ1) is 18.8. The molecule has 2 atom stereocenters. The minimum atomic E-state index is -0.425. The Hall–Kier alpha value is -2.94. The number of nitrogens with zero attached hydrogens (tertiary/aromatic N) is 3. The van der Waals surface area contributed by atoms with Crippen LogP contribution in [0, 0.1) is 0 Å². The van der Waals surface area contributed by atoms with E-state index in [9.17, 15) is 19.5 Å². The van der Waals surface area contributed by atoms with Crippen LogP contribution in [0.5, 0.6) is 5.75 Å². The maximum absolute atomic E-state index is 12.4. The number of likely N-dealkylation sites (tertiary alicyclic amines) is 1. The first-order valence-corrected chi connectivity index (χ1v) is 8.88. The number of hydrogen-bond donors (Lipinski definition) is 3. The molecule has 144 valence electrons. The number of nitrogens with one attached hydrogen (secondary N) is 2. The second-order valence-corrected chi connectivity index (χ2v) is 6.65. The van der Waals surface area contributed by atoms with Gasteiger partial charge in [0.05, 0.1) is 11.7 Å². The lowest BCUT2D eigenvalue weighted by atomic mass is 10.1. The Balaban J connectivity index is 1.88. The van der Waals surface area contributed by atoms with Crippen molar-refractivity contribution in [3.63, 3.8) is 0 Å². The van der Waals surface area contributed by atoms with E-state index >= 15 is 0 Å². The smallest absolute Gasteiger partial charge is 0.258 e. The highest BCUT2D eigenvalue weighted by atomic mass is 16.3. The lowest BCUT2D eigenvalue weighted by Gasteiger charge is -2.22. The summed E-state index contributed by atoms with van der Waals surface area (Å²) in [6.07, 6.45) is 2.03. The van der Waals surface area contributed by atoms with Crippen molar-refractivity contribution in [3.05, 3.63) is 40.4 Å². The van der Waals surface area contributed by atoms with Crippen LogP contribution in [0.2, 0.25) is 0 Å². The molecule has 0 aromatic carbocycles. The fourth-order valence-electron chi connectivity index (χ4n) is 3.48. The zero-order chi connectivity index (χ0) is 19.6. The number of aromatic hydroxyl groups is 1. The summed E-state index contributed by atoms with van der Waals surface area (Å²) in [5.41, 5.74) is 0.324. The predicted molar refractivity (Wildman–Crippen MR) is 98.2 cm³/mol. The molecule has 1 aliphatic rings. The lowest BCUT2D eigenvalue weighted by molar-refractivity contribution is -0.125. The summed E-state index contributed by atoms with van der Waals surface area (Å²) in [5, 5.41) is 15.6. The number of carbonyl (C=O) groups is 2. The van der Waals surface area contributed by atoms with Crippen molar-refractivity contribution in [2.75, 3.05) is 13.1 Å². The monoisotopic (exact) mass is 373 g/mol. The largest absolute Gasteiger partial charge is 0.504 e. The van der Waals surface area contributed by atoms with E-state index in [1.807, 2.05) is 11.8 Å². The topological polar surface area (TPSA) is 116 Å². The first-order chi connectivity index (χ1) is 12.9. The van der Waals surface area contributed by atoms with Crippen LogP contribution in [-0.4, -0.2) is 56.4 Å². The molecule has 0 bridgehead atoms. The van der Waals surface area contributed by atoms with Crippen molar-refractivity contribution >= 4 is 17.5 Å². The summed E-state index contributed by atoms with van der Waals surface area (Å²) in [7, 11) is 0. The van der Waals surface area contributed by atoms with Gasteiger partial charge in [0.2, 0.25) is 11.8 Å². The summed E-state index contributed by atoms with van der Waals surface area (Å²) >= 11 is 0. The van der Waals surface area contributed by atoms with Crippen LogP contribution in [0.1, 0.15) is 26.0 Å². The second kappa shape index (κ2) is 7.75. The normalized spacial score (nSPS) is 19.9. The van der Waals surface area contributed by atoms with Crippen LogP contribution in [0.4, 0.5) is 0 Å². The van der Waals surface area contributed by atoms with Gasteiger partial charge in [0.1, 0.15) is 0 Å². The van der Waals surface area contributed by atoms with Crippen molar-refractivity contribution in [2.45, 2.75) is 38.9 Å². The number of aromatic nitrogens is 2. The summed E-state index contributed by atoms with van der Waals surface area (Å²) in [6.45, 7) is 4.54. The molecule has 0 saturated carbocycles. The van der Waals surface area contributed by atoms with Gasteiger partial charge in [-0.25, -0.2) is 4.98 Å². The molecule has 0 unspecified atom stereocenters. The summed E-state index contributed by atoms with van der Waals surface area (Å²) in [6, 6.07) is 3.85. The van der Waals surface area contributed by atoms with Crippen molar-refractivity contribution in [1.82, 2.24) is 24.9 Å². The Bertz CT molecular complexity index is 926. The molecule has 3 heterocycles. The molecule has 3 N–H and O–H groups in total. The molecule has 9 heteroatoms. The Morgan fingerprint density at radius 3 is 2.89 bits per heavy atom. The summed E-state index contributed by atoms with van der Waals surface area (Å²) in [4.78, 5) is 42.4. The zero-order valence-electron chi connectivity index (χ0n) is 15.3. The SMILES string of the molecule is CCNC(=O)[C@@H]1C[C@H](NC(C)=O)CN1Cc1cc(=O)n2cccc(O)c2n1. The van der Waals surface area contributed by atoms with E-state index < -0.39 is 6.04 Å². The standard InChI is InChI=1S/C18H23N5O4/c1-3-19-18(27)14-7-12(20-11(2)24)9-22(14)10-13-8-16(26)23-6-4-5-15(25)17(23)21-13/h4-6,8,12,14,25H,3,7,9-10H2,1-2H3,(H,19,27)(H,20,24)/t12-,14-/m0/s1. The van der Waals surface area contributed by atoms with E-state index in [0.29, 0.717) is 25.2 Å². The number of amides is 2. The van der Waals surface area contributed by atoms with Crippen LogP contribution in [-0.2, 0) is 16.1 Å². The average Bonchev–Trinajstić information content (AvgIpc) is 2.98. The van der Waals surface area contributed by atoms with Gasteiger partial charge in [-0.05, 0) is 25.5 Å². The fraction of sp³-hybridized carbons (Fsp3) is 0.444. The van der Waals surface area contributed by atoms with Gasteiger partial charge < -0.3 is 15.7 Å². The number of likely N-dealkylation sites (N-methyl/N-ethyl adjacent to an activating group) is 1. The third-order valence-electron chi connectivity index (χ3n) is 4.55. The van der Waals surface area contributed by atoms with Crippen molar-refractivity contribution in [1.29, 1.82) is 0 Å². The van der Waals surface area contributed by atoms with E-state index in [0.717, 1.165) is 0 Å². The first-order valence-electron chi connectivity index (χ1n) is 8.88. The lowest BCUT2D eigenvalue weighted by Crippen LogP contribution is -2.43. The number of carbonyl (C=O) groups excluding carboxylic acids is 2. The van der Waals surface area contributed by atoms with Crippen molar-refractivity contribution in [3.8, 4) is 5.75 Å². The average molecular weight is 373 g/mol. The van der Waals surface area contributed by atoms with Gasteiger partial charge in [-0.15, -0.1) is 0 Å². The zero-order valence-corrected chi connectivity index (χ0v) is 15.3. The van der Waals surface area contributed by atoms with E-state index in [1.54, 1.807) is 6.07 Å². The minimum absolute atomic E-state index is 0.0886. The third-order valence-corrected chi connectivity index (χ3v) is 4.55. The molecule has 2 amide bonds. The highest BCUT2D eigenvalue weighted by Gasteiger charge is 2.37. The molecule has 27 heavy (non-hydrogen) atoms. The van der Waals surface area contributed by atoms with Crippen LogP contribution >= 0.6 is 0 Å². The molecule has 1 saturated heterocycles. The summed E-state index contributed by atoms with van der Waals surface area (Å²) < 4.78 is 1.27. The summed E-state index contributed by atoms with van der Waals surface area (Å²) in [5.74, 6) is -0.358. The van der Waals surface area contributed by atoms with E-state index in [4.69, 9.17) is 0 Å². The fourth-order valence-corrected chi connectivity index (χ4v) is 3.48. The van der Waals surface area contributed by atoms with E-state index in [-0.39, 0.29) is 41.4 Å². The van der Waals surface area contributed by atoms with Crippen LogP contribution in [0.25, 0.3) is 5.65 Å². The van der Waals surface area contributed by atoms with Gasteiger partial charge in [0.15, 0.2) is 11.4 Å². The number of hydrogen-bond acceptors (Lipinski definition) is 6. The third kappa shape index (κ3) is 4.08. The Morgan fingerprint density at radius 2 is 2.19 bits per heavy atom. The van der Waals surface area contributed by atoms with Crippen LogP contribution in [0.3, 0.4) is 0 Å². The molecule has 2 aromatic rings. The van der Waals surface area contributed by atoms with E-state index in [1.165, 1.54) is 29.7 Å². The molecule has 3 rings (SSSR count). The van der Waals surface area contributed by atoms with Gasteiger partial charge in [-0.1, -0.05) is 0 Å². The van der Waals surface area contributed by atoms with Gasteiger partial charge >= 0.3 is 0 Å². The van der Waals surface area contributed by atoms with E-state index in [2.05, 4.69) is 15.6 Å². The molecule has 0 spiro atoms. The second-order valence-electron chi connectivity index (χ2n) is 6.65. The molecular weight excluding hydrogens is 350 g/mol. The highest BCUT2D eigenvalue weighted by Crippen LogP contribution is 2.21. The maximum atomic E-state index is 12.4. The van der Waals surface area contributed by atoms with Crippen LogP contribution in [0.15, 0.2) is 29.2 Å². The van der Waals surface area contributed by atoms with Crippen molar-refractivity contribution in [2.24, 2.45) is 0 Å². The van der Waals surface area contributed by atoms with Gasteiger partial charge in [-0.2, -0.15) is 0 Å². The molecule has 1 aliphatic heterocycles. The molecule has 2 aromatic heterocycles. The maximum Gasteiger partial charge on any atom is 0.258 e. The Kier molecular flexibility index (Phi) is 5.41. The molecule has 0 radical (unpaired) electrons. The minimum Gasteiger partial charge on any atom is -0.504 e. The van der Waals surface area contributed by atoms with Crippen LogP contribution < -0.4 is 16.2 Å². The Morgan fingerprint density at radius 1 is 1.41 bits per heavy atom. The highest BCUT2D eigenvalue weighted by molar-refractivity contribution is 5.82. The quantitative estimate of drug-likeness (QED) is 0.658.